The first-order chi connectivity index (χ1) is 20.8. The summed E-state index contributed by atoms with van der Waals surface area (Å²) < 4.78 is 36.7. The lowest BCUT2D eigenvalue weighted by molar-refractivity contribution is 0.0523. The molecule has 0 unspecified atom stereocenters. The molecular weight excluding hydrogens is 685 g/mol. The number of pyridine rings is 2. The van der Waals surface area contributed by atoms with Crippen LogP contribution in [0.15, 0.2) is 32.4 Å². The maximum absolute atomic E-state index is 14.1. The molecule has 4 aromatic rings. The van der Waals surface area contributed by atoms with Crippen molar-refractivity contribution in [1.29, 1.82) is 0 Å². The van der Waals surface area contributed by atoms with Crippen molar-refractivity contribution in [2.24, 2.45) is 0 Å². The Morgan fingerprint density at radius 1 is 0.977 bits per heavy atom. The van der Waals surface area contributed by atoms with Crippen LogP contribution in [0.25, 0.3) is 21.8 Å². The van der Waals surface area contributed by atoms with Crippen molar-refractivity contribution in [1.82, 2.24) is 9.13 Å². The summed E-state index contributed by atoms with van der Waals surface area (Å²) >= 11 is 15.3. The average molecular weight is 712 g/mol. The Hall–Kier alpha value is -3.28. The molecule has 0 amide bonds. The van der Waals surface area contributed by atoms with E-state index in [-0.39, 0.29) is 66.2 Å². The van der Waals surface area contributed by atoms with Crippen LogP contribution >= 0.6 is 39.1 Å². The summed E-state index contributed by atoms with van der Waals surface area (Å²) in [5, 5.41) is 9.57. The Morgan fingerprint density at radius 2 is 1.57 bits per heavy atom. The highest BCUT2D eigenvalue weighted by atomic mass is 79.9. The number of carbonyl (C=O) groups is 2. The molecule has 2 aromatic heterocycles. The molecule has 2 aliphatic carbocycles. The molecule has 2 fully saturated rings. The van der Waals surface area contributed by atoms with Crippen molar-refractivity contribution in [3.05, 3.63) is 87.3 Å². The van der Waals surface area contributed by atoms with Gasteiger partial charge >= 0.3 is 11.9 Å². The predicted octanol–water partition coefficient (Wildman–Crippen LogP) is 7.77. The van der Waals surface area contributed by atoms with Crippen LogP contribution in [0.1, 0.15) is 83.6 Å². The number of nitrogens with zero attached hydrogens (tertiary/aromatic N) is 2. The van der Waals surface area contributed by atoms with E-state index in [0.717, 1.165) is 25.7 Å². The van der Waals surface area contributed by atoms with Crippen molar-refractivity contribution < 1.29 is 28.2 Å². The van der Waals surface area contributed by atoms with Gasteiger partial charge in [-0.2, -0.15) is 0 Å². The number of carbonyl (C=O) groups excluding carboxylic acids is 1. The third-order valence-electron chi connectivity index (χ3n) is 7.70. The molecule has 0 radical (unpaired) electrons. The van der Waals surface area contributed by atoms with Crippen LogP contribution in [0.5, 0.6) is 0 Å². The highest BCUT2D eigenvalue weighted by molar-refractivity contribution is 9.10. The zero-order valence-electron chi connectivity index (χ0n) is 23.9. The van der Waals surface area contributed by atoms with Crippen LogP contribution in [0.3, 0.4) is 0 Å². The van der Waals surface area contributed by atoms with Gasteiger partial charge in [0.05, 0.1) is 22.1 Å². The predicted molar refractivity (Wildman–Crippen MR) is 168 cm³/mol. The molecule has 0 aliphatic heterocycles. The Kier molecular flexibility index (Phi) is 8.94. The first-order valence-electron chi connectivity index (χ1n) is 14.0. The van der Waals surface area contributed by atoms with Gasteiger partial charge in [0.2, 0.25) is 10.9 Å². The van der Waals surface area contributed by atoms with E-state index in [1.807, 2.05) is 0 Å². The van der Waals surface area contributed by atoms with E-state index in [0.29, 0.717) is 17.6 Å². The topological polar surface area (TPSA) is 108 Å². The van der Waals surface area contributed by atoms with Crippen LogP contribution in [0.4, 0.5) is 8.78 Å². The fraction of sp³-hybridized carbons (Fsp3) is 0.355. The van der Waals surface area contributed by atoms with Gasteiger partial charge in [0, 0.05) is 34.7 Å². The van der Waals surface area contributed by atoms with Gasteiger partial charge < -0.3 is 19.0 Å². The number of hydrogen-bond donors (Lipinski definition) is 1. The first kappa shape index (κ1) is 32.1. The minimum atomic E-state index is -1.27. The molecule has 2 aliphatic rings. The smallest absolute Gasteiger partial charge is 0.343 e. The first-order valence-corrected chi connectivity index (χ1v) is 15.6. The van der Waals surface area contributed by atoms with Gasteiger partial charge in [0.1, 0.15) is 27.0 Å². The Bertz CT molecular complexity index is 2000. The number of hydrogen-bond acceptors (Lipinski definition) is 5. The number of aryl methyl sites for hydroxylation is 1. The molecule has 0 bridgehead atoms. The standard InChI is InChI=1S/C16H15ClFNO3.C15H12BrClFNO3/c1-3-22-16(21)11-7-19(9-4-5-9)14-10(15(11)20)6-8(2)13(18)12(14)17;1-2-9-10(15(21)22)14(20)7-5-8(16)12(18)11(17)13(7)19(9)6-3-4-6/h6-7,9H,3-5H2,1-2H3;5-6H,2-4H2,1H3,(H,21,22). The summed E-state index contributed by atoms with van der Waals surface area (Å²) in [4.78, 5) is 48.7. The maximum atomic E-state index is 14.1. The van der Waals surface area contributed by atoms with Crippen molar-refractivity contribution in [2.45, 2.75) is 65.0 Å². The summed E-state index contributed by atoms with van der Waals surface area (Å²) in [5.41, 5.74) is -0.0786. The van der Waals surface area contributed by atoms with Crippen LogP contribution in [0.2, 0.25) is 10.0 Å². The molecule has 0 saturated heterocycles. The molecule has 2 heterocycles. The van der Waals surface area contributed by atoms with Crippen LogP contribution < -0.4 is 10.9 Å². The molecule has 0 atom stereocenters. The van der Waals surface area contributed by atoms with Gasteiger partial charge in [-0.05, 0) is 79.6 Å². The quantitative estimate of drug-likeness (QED) is 0.162. The second-order valence-electron chi connectivity index (χ2n) is 10.7. The highest BCUT2D eigenvalue weighted by Gasteiger charge is 2.33. The summed E-state index contributed by atoms with van der Waals surface area (Å²) in [6.07, 6.45) is 5.34. The molecule has 1 N–H and O–H groups in total. The molecule has 6 rings (SSSR count). The number of carboxylic acid groups (broad SMARTS) is 1. The number of esters is 1. The molecule has 2 saturated carbocycles. The van der Waals surface area contributed by atoms with Crippen molar-refractivity contribution in [2.75, 3.05) is 6.61 Å². The third kappa shape index (κ3) is 5.54. The van der Waals surface area contributed by atoms with Gasteiger partial charge in [-0.25, -0.2) is 18.4 Å². The Labute approximate surface area is 268 Å². The SMILES string of the molecule is CCOC(=O)c1cn(C2CC2)c2c(Cl)c(F)c(C)cc2c1=O.CCc1c(C(=O)O)c(=O)c2cc(Br)c(F)c(Cl)c2n1C1CC1. The van der Waals surface area contributed by atoms with Crippen molar-refractivity contribution in [3.8, 4) is 0 Å². The molecule has 13 heteroatoms. The number of aromatic nitrogens is 2. The number of aromatic carboxylic acids is 1. The molecule has 8 nitrogen and oxygen atoms in total. The fourth-order valence-corrected chi connectivity index (χ4v) is 6.57. The van der Waals surface area contributed by atoms with Gasteiger partial charge in [-0.1, -0.05) is 30.1 Å². The second-order valence-corrected chi connectivity index (χ2v) is 12.4. The molecule has 232 valence electrons. The van der Waals surface area contributed by atoms with E-state index >= 15 is 0 Å². The highest BCUT2D eigenvalue weighted by Crippen LogP contribution is 2.42. The minimum absolute atomic E-state index is 0.0386. The van der Waals surface area contributed by atoms with Crippen LogP contribution in [-0.2, 0) is 11.2 Å². The zero-order chi connectivity index (χ0) is 32.2. The van der Waals surface area contributed by atoms with Gasteiger partial charge in [0.15, 0.2) is 5.82 Å². The molecular formula is C31H27BrCl2F2N2O6. The van der Waals surface area contributed by atoms with Crippen LogP contribution in [0, 0.1) is 18.6 Å². The number of halogens is 5. The van der Waals surface area contributed by atoms with Crippen molar-refractivity contribution in [3.63, 3.8) is 0 Å². The van der Waals surface area contributed by atoms with Crippen LogP contribution in [-0.4, -0.2) is 32.8 Å². The Morgan fingerprint density at radius 3 is 2.11 bits per heavy atom. The Balaban J connectivity index is 0.000000175. The van der Waals surface area contributed by atoms with E-state index in [9.17, 15) is 33.1 Å². The summed E-state index contributed by atoms with van der Waals surface area (Å²) in [6, 6.07) is 2.95. The summed E-state index contributed by atoms with van der Waals surface area (Å²) in [7, 11) is 0. The van der Waals surface area contributed by atoms with E-state index < -0.39 is 34.4 Å². The lowest BCUT2D eigenvalue weighted by Gasteiger charge is -2.19. The third-order valence-corrected chi connectivity index (χ3v) is 8.97. The summed E-state index contributed by atoms with van der Waals surface area (Å²) in [5.74, 6) is -3.11. The normalized spacial score (nSPS) is 14.5. The van der Waals surface area contributed by atoms with E-state index in [1.54, 1.807) is 29.9 Å². The average Bonchev–Trinajstić information content (AvgIpc) is 3.90. The molecule has 2 aromatic carbocycles. The molecule has 0 spiro atoms. The second kappa shape index (κ2) is 12.3. The number of rotatable bonds is 6. The monoisotopic (exact) mass is 710 g/mol. The van der Waals surface area contributed by atoms with Gasteiger partial charge in [0.25, 0.3) is 0 Å². The number of fused-ring (bicyclic) bond motifs is 2. The van der Waals surface area contributed by atoms with Gasteiger partial charge in [-0.3, -0.25) is 9.59 Å². The van der Waals surface area contributed by atoms with Crippen molar-refractivity contribution >= 4 is 72.9 Å². The van der Waals surface area contributed by atoms with E-state index in [1.165, 1.54) is 18.3 Å². The fourth-order valence-electron chi connectivity index (χ4n) is 5.39. The summed E-state index contributed by atoms with van der Waals surface area (Å²) in [6.45, 7) is 5.17. The zero-order valence-corrected chi connectivity index (χ0v) is 27.0. The lowest BCUT2D eigenvalue weighted by atomic mass is 10.0. The molecule has 44 heavy (non-hydrogen) atoms. The maximum Gasteiger partial charge on any atom is 0.343 e. The lowest BCUT2D eigenvalue weighted by Crippen LogP contribution is -2.24. The minimum Gasteiger partial charge on any atom is -0.477 e. The number of ether oxygens (including phenoxy) is 1. The number of benzene rings is 2. The number of carboxylic acids is 1. The van der Waals surface area contributed by atoms with E-state index in [2.05, 4.69) is 15.9 Å². The van der Waals surface area contributed by atoms with Gasteiger partial charge in [-0.15, -0.1) is 0 Å². The van der Waals surface area contributed by atoms with E-state index in [4.69, 9.17) is 27.9 Å². The largest absolute Gasteiger partial charge is 0.477 e.